The standard InChI is InChI=1S/C16H17Cl2N3OS/c1-21(11-4-6-19-7-5-11)16(22)14-9-23-15(20-14)12-3-2-10(17)8-13(12)18/h2-3,8-9,11,19H,4-7H2,1H3. The molecule has 0 aliphatic carbocycles. The monoisotopic (exact) mass is 369 g/mol. The van der Waals surface area contributed by atoms with E-state index in [1.165, 1.54) is 11.3 Å². The van der Waals surface area contributed by atoms with Gasteiger partial charge in [0.25, 0.3) is 5.91 Å². The fourth-order valence-corrected chi connectivity index (χ4v) is 4.09. The summed E-state index contributed by atoms with van der Waals surface area (Å²) in [6, 6.07) is 5.55. The SMILES string of the molecule is CN(C(=O)c1csc(-c2ccc(Cl)cc2Cl)n1)C1CCNCC1. The first kappa shape index (κ1) is 16.7. The first-order valence-corrected chi connectivity index (χ1v) is 9.08. The van der Waals surface area contributed by atoms with Crippen LogP contribution in [0.1, 0.15) is 23.3 Å². The largest absolute Gasteiger partial charge is 0.337 e. The van der Waals surface area contributed by atoms with Crippen molar-refractivity contribution in [3.63, 3.8) is 0 Å². The minimum Gasteiger partial charge on any atom is -0.337 e. The maximum atomic E-state index is 12.6. The topological polar surface area (TPSA) is 45.2 Å². The predicted molar refractivity (Wildman–Crippen MR) is 95.6 cm³/mol. The van der Waals surface area contributed by atoms with Gasteiger partial charge in [-0.25, -0.2) is 4.98 Å². The molecule has 122 valence electrons. The number of carbonyl (C=O) groups is 1. The number of nitrogens with zero attached hydrogens (tertiary/aromatic N) is 2. The minimum absolute atomic E-state index is 0.0375. The van der Waals surface area contributed by atoms with Gasteiger partial charge in [-0.15, -0.1) is 11.3 Å². The third-order valence-electron chi connectivity index (χ3n) is 4.06. The van der Waals surface area contributed by atoms with Crippen molar-refractivity contribution in [3.8, 4) is 10.6 Å². The van der Waals surface area contributed by atoms with E-state index in [0.717, 1.165) is 36.5 Å². The Morgan fingerprint density at radius 1 is 1.35 bits per heavy atom. The Kier molecular flexibility index (Phi) is 5.21. The van der Waals surface area contributed by atoms with Crippen molar-refractivity contribution in [1.29, 1.82) is 0 Å². The summed E-state index contributed by atoms with van der Waals surface area (Å²) in [5.41, 5.74) is 1.27. The van der Waals surface area contributed by atoms with Crippen LogP contribution in [0.5, 0.6) is 0 Å². The highest BCUT2D eigenvalue weighted by Crippen LogP contribution is 2.32. The lowest BCUT2D eigenvalue weighted by Gasteiger charge is -2.31. The molecule has 0 spiro atoms. The Morgan fingerprint density at radius 3 is 2.78 bits per heavy atom. The summed E-state index contributed by atoms with van der Waals surface area (Å²) in [7, 11) is 1.85. The number of rotatable bonds is 3. The molecule has 1 aromatic carbocycles. The third-order valence-corrected chi connectivity index (χ3v) is 5.48. The van der Waals surface area contributed by atoms with Gasteiger partial charge in [-0.3, -0.25) is 4.79 Å². The van der Waals surface area contributed by atoms with E-state index in [1.54, 1.807) is 17.5 Å². The highest BCUT2D eigenvalue weighted by atomic mass is 35.5. The van der Waals surface area contributed by atoms with E-state index < -0.39 is 0 Å². The average Bonchev–Trinajstić information content (AvgIpc) is 3.04. The highest BCUT2D eigenvalue weighted by molar-refractivity contribution is 7.13. The van der Waals surface area contributed by atoms with Crippen LogP contribution < -0.4 is 5.32 Å². The highest BCUT2D eigenvalue weighted by Gasteiger charge is 2.24. The Bertz CT molecular complexity index is 713. The molecule has 23 heavy (non-hydrogen) atoms. The molecule has 0 unspecified atom stereocenters. The molecule has 0 saturated carbocycles. The van der Waals surface area contributed by atoms with Crippen LogP contribution in [0.15, 0.2) is 23.6 Å². The van der Waals surface area contributed by atoms with E-state index in [-0.39, 0.29) is 11.9 Å². The van der Waals surface area contributed by atoms with Crippen molar-refractivity contribution in [2.45, 2.75) is 18.9 Å². The van der Waals surface area contributed by atoms with Crippen LogP contribution in [0.25, 0.3) is 10.6 Å². The number of thiazole rings is 1. The van der Waals surface area contributed by atoms with E-state index in [4.69, 9.17) is 23.2 Å². The molecule has 1 aliphatic heterocycles. The van der Waals surface area contributed by atoms with Gasteiger partial charge < -0.3 is 10.2 Å². The van der Waals surface area contributed by atoms with Crippen molar-refractivity contribution in [2.24, 2.45) is 0 Å². The van der Waals surface area contributed by atoms with Crippen LogP contribution in [0.3, 0.4) is 0 Å². The number of aromatic nitrogens is 1. The number of piperidine rings is 1. The summed E-state index contributed by atoms with van der Waals surface area (Å²) < 4.78 is 0. The zero-order valence-electron chi connectivity index (χ0n) is 12.7. The van der Waals surface area contributed by atoms with Crippen LogP contribution in [0, 0.1) is 0 Å². The van der Waals surface area contributed by atoms with Gasteiger partial charge in [0.2, 0.25) is 0 Å². The third kappa shape index (κ3) is 3.69. The van der Waals surface area contributed by atoms with Gasteiger partial charge >= 0.3 is 0 Å². The summed E-state index contributed by atoms with van der Waals surface area (Å²) in [4.78, 5) is 18.9. The molecule has 0 atom stereocenters. The number of hydrogen-bond donors (Lipinski definition) is 1. The summed E-state index contributed by atoms with van der Waals surface area (Å²) in [6.45, 7) is 1.90. The number of hydrogen-bond acceptors (Lipinski definition) is 4. The molecule has 1 amide bonds. The molecule has 1 saturated heterocycles. The second kappa shape index (κ2) is 7.18. The summed E-state index contributed by atoms with van der Waals surface area (Å²) in [5.74, 6) is -0.0375. The fourth-order valence-electron chi connectivity index (χ4n) is 2.70. The van der Waals surface area contributed by atoms with Crippen molar-refractivity contribution in [1.82, 2.24) is 15.2 Å². The molecule has 1 aliphatic rings. The number of halogens is 2. The van der Waals surface area contributed by atoms with Crippen molar-refractivity contribution >= 4 is 40.4 Å². The lowest BCUT2D eigenvalue weighted by atomic mass is 10.1. The number of carbonyl (C=O) groups excluding carboxylic acids is 1. The van der Waals surface area contributed by atoms with Crippen LogP contribution in [0.4, 0.5) is 0 Å². The van der Waals surface area contributed by atoms with Gasteiger partial charge in [-0.2, -0.15) is 0 Å². The molecule has 1 N–H and O–H groups in total. The maximum Gasteiger partial charge on any atom is 0.273 e. The van der Waals surface area contributed by atoms with E-state index in [1.807, 2.05) is 18.0 Å². The van der Waals surface area contributed by atoms with E-state index in [2.05, 4.69) is 10.3 Å². The molecule has 2 aromatic rings. The number of amides is 1. The zero-order chi connectivity index (χ0) is 16.4. The Labute approximate surface area is 149 Å². The van der Waals surface area contributed by atoms with E-state index in [9.17, 15) is 4.79 Å². The lowest BCUT2D eigenvalue weighted by molar-refractivity contribution is 0.0698. The van der Waals surface area contributed by atoms with E-state index in [0.29, 0.717) is 15.7 Å². The summed E-state index contributed by atoms with van der Waals surface area (Å²) in [6.07, 6.45) is 1.95. The first-order chi connectivity index (χ1) is 11.1. The maximum absolute atomic E-state index is 12.6. The quantitative estimate of drug-likeness (QED) is 0.890. The average molecular weight is 370 g/mol. The lowest BCUT2D eigenvalue weighted by Crippen LogP contribution is -2.44. The molecule has 0 bridgehead atoms. The molecule has 1 aromatic heterocycles. The van der Waals surface area contributed by atoms with Crippen LogP contribution >= 0.6 is 34.5 Å². The number of benzene rings is 1. The number of nitrogens with one attached hydrogen (secondary N) is 1. The van der Waals surface area contributed by atoms with Crippen LogP contribution in [0.2, 0.25) is 10.0 Å². The van der Waals surface area contributed by atoms with E-state index >= 15 is 0 Å². The van der Waals surface area contributed by atoms with Crippen molar-refractivity contribution < 1.29 is 4.79 Å². The predicted octanol–water partition coefficient (Wildman–Crippen LogP) is 3.94. The molecular formula is C16H17Cl2N3OS. The van der Waals surface area contributed by atoms with Crippen LogP contribution in [-0.4, -0.2) is 42.0 Å². The van der Waals surface area contributed by atoms with Gasteiger partial charge in [0, 0.05) is 29.1 Å². The fraction of sp³-hybridized carbons (Fsp3) is 0.375. The minimum atomic E-state index is -0.0375. The molecule has 4 nitrogen and oxygen atoms in total. The molecule has 2 heterocycles. The van der Waals surface area contributed by atoms with Gasteiger partial charge in [0.15, 0.2) is 0 Å². The second-order valence-corrected chi connectivity index (χ2v) is 7.26. The molecule has 0 radical (unpaired) electrons. The smallest absolute Gasteiger partial charge is 0.273 e. The van der Waals surface area contributed by atoms with Gasteiger partial charge in [-0.1, -0.05) is 23.2 Å². The van der Waals surface area contributed by atoms with Gasteiger partial charge in [-0.05, 0) is 44.1 Å². The zero-order valence-corrected chi connectivity index (χ0v) is 15.0. The Balaban J connectivity index is 1.79. The summed E-state index contributed by atoms with van der Waals surface area (Å²) >= 11 is 13.6. The molecule has 3 rings (SSSR count). The Hall–Kier alpha value is -1.14. The first-order valence-electron chi connectivity index (χ1n) is 7.45. The summed E-state index contributed by atoms with van der Waals surface area (Å²) in [5, 5.41) is 6.95. The van der Waals surface area contributed by atoms with Gasteiger partial charge in [0.1, 0.15) is 10.7 Å². The molecule has 7 heteroatoms. The van der Waals surface area contributed by atoms with Crippen molar-refractivity contribution in [3.05, 3.63) is 39.3 Å². The second-order valence-electron chi connectivity index (χ2n) is 5.56. The molecular weight excluding hydrogens is 353 g/mol. The van der Waals surface area contributed by atoms with Gasteiger partial charge in [0.05, 0.1) is 5.02 Å². The normalized spacial score (nSPS) is 15.6. The Morgan fingerprint density at radius 2 is 2.09 bits per heavy atom. The molecule has 1 fully saturated rings. The van der Waals surface area contributed by atoms with Crippen LogP contribution in [-0.2, 0) is 0 Å². The van der Waals surface area contributed by atoms with Crippen molar-refractivity contribution in [2.75, 3.05) is 20.1 Å².